The lowest BCUT2D eigenvalue weighted by Gasteiger charge is -2.04. The Labute approximate surface area is 88.4 Å². The predicted octanol–water partition coefficient (Wildman–Crippen LogP) is 0.925. The summed E-state index contributed by atoms with van der Waals surface area (Å²) in [5.41, 5.74) is 1.21. The first-order valence-corrected chi connectivity index (χ1v) is 5.52. The minimum Gasteiger partial charge on any atom is -0.290 e. The maximum atomic E-state index is 10.4. The molecular formula is C9H11NO4S. The normalized spacial score (nSPS) is 12.8. The minimum atomic E-state index is -4.42. The number of hydrogen-bond acceptors (Lipinski definition) is 4. The van der Waals surface area contributed by atoms with E-state index in [1.54, 1.807) is 24.3 Å². The van der Waals surface area contributed by atoms with Crippen LogP contribution in [0.3, 0.4) is 0 Å². The lowest BCUT2D eigenvalue weighted by atomic mass is 10.1. The molecule has 0 spiro atoms. The third kappa shape index (κ3) is 4.20. The van der Waals surface area contributed by atoms with Gasteiger partial charge < -0.3 is 0 Å². The molecule has 1 aromatic rings. The molecule has 0 amide bonds. The summed E-state index contributed by atoms with van der Waals surface area (Å²) < 4.78 is 33.4. The van der Waals surface area contributed by atoms with E-state index < -0.39 is 10.4 Å². The van der Waals surface area contributed by atoms with Crippen LogP contribution in [0.1, 0.15) is 5.56 Å². The number of hydrogen-bond donors (Lipinski definition) is 1. The van der Waals surface area contributed by atoms with Crippen molar-refractivity contribution in [2.45, 2.75) is 0 Å². The smallest absolute Gasteiger partial charge is 0.290 e. The molecule has 1 rings (SSSR count). The molecule has 0 aliphatic heterocycles. The number of aliphatic imine (C=N–C) groups is 1. The van der Waals surface area contributed by atoms with E-state index >= 15 is 0 Å². The SMILES string of the molecule is CN=C(COS(=O)(=O)O)c1ccccc1. The van der Waals surface area contributed by atoms with Gasteiger partial charge >= 0.3 is 10.4 Å². The molecule has 0 saturated carbocycles. The minimum absolute atomic E-state index is 0.278. The van der Waals surface area contributed by atoms with Gasteiger partial charge in [-0.2, -0.15) is 8.42 Å². The van der Waals surface area contributed by atoms with E-state index in [9.17, 15) is 8.42 Å². The van der Waals surface area contributed by atoms with Gasteiger partial charge in [0, 0.05) is 7.05 Å². The highest BCUT2D eigenvalue weighted by atomic mass is 32.3. The number of benzene rings is 1. The first-order valence-electron chi connectivity index (χ1n) is 4.16. The van der Waals surface area contributed by atoms with Crippen molar-refractivity contribution in [1.82, 2.24) is 0 Å². The predicted molar refractivity (Wildman–Crippen MR) is 56.4 cm³/mol. The molecule has 5 nitrogen and oxygen atoms in total. The molecule has 0 heterocycles. The average Bonchev–Trinajstić information content (AvgIpc) is 2.19. The Balaban J connectivity index is 2.76. The van der Waals surface area contributed by atoms with E-state index in [4.69, 9.17) is 4.55 Å². The van der Waals surface area contributed by atoms with Crippen molar-refractivity contribution >= 4 is 16.1 Å². The summed E-state index contributed by atoms with van der Waals surface area (Å²) in [5, 5.41) is 0. The highest BCUT2D eigenvalue weighted by Crippen LogP contribution is 2.02. The van der Waals surface area contributed by atoms with Crippen molar-refractivity contribution < 1.29 is 17.2 Å². The zero-order chi connectivity index (χ0) is 11.3. The standard InChI is InChI=1S/C9H11NO4S/c1-10-9(7-14-15(11,12)13)8-5-3-2-4-6-8/h2-6H,7H2,1H3,(H,11,12,13). The van der Waals surface area contributed by atoms with Gasteiger partial charge in [0.25, 0.3) is 0 Å². The summed E-state index contributed by atoms with van der Waals surface area (Å²) in [5.74, 6) is 0. The average molecular weight is 229 g/mol. The molecular weight excluding hydrogens is 218 g/mol. The molecule has 82 valence electrons. The Bertz CT molecular complexity index is 438. The van der Waals surface area contributed by atoms with Gasteiger partial charge in [0.05, 0.1) is 5.71 Å². The Morgan fingerprint density at radius 2 is 2.00 bits per heavy atom. The summed E-state index contributed by atoms with van der Waals surface area (Å²) in [6.07, 6.45) is 0. The molecule has 1 aromatic carbocycles. The fourth-order valence-corrected chi connectivity index (χ4v) is 1.30. The van der Waals surface area contributed by atoms with Crippen LogP contribution in [-0.2, 0) is 14.6 Å². The van der Waals surface area contributed by atoms with E-state index in [-0.39, 0.29) is 6.61 Å². The highest BCUT2D eigenvalue weighted by molar-refractivity contribution is 7.80. The third-order valence-corrected chi connectivity index (χ3v) is 2.14. The van der Waals surface area contributed by atoms with E-state index in [0.29, 0.717) is 5.71 Å². The second kappa shape index (κ2) is 5.01. The monoisotopic (exact) mass is 229 g/mol. The number of nitrogens with zero attached hydrogens (tertiary/aromatic N) is 1. The van der Waals surface area contributed by atoms with Crippen LogP contribution in [0.25, 0.3) is 0 Å². The van der Waals surface area contributed by atoms with E-state index in [1.165, 1.54) is 7.05 Å². The van der Waals surface area contributed by atoms with Crippen LogP contribution in [-0.4, -0.2) is 32.3 Å². The zero-order valence-corrected chi connectivity index (χ0v) is 8.94. The molecule has 15 heavy (non-hydrogen) atoms. The van der Waals surface area contributed by atoms with Gasteiger partial charge in [-0.1, -0.05) is 30.3 Å². The van der Waals surface area contributed by atoms with Gasteiger partial charge in [0.15, 0.2) is 0 Å². The molecule has 0 saturated heterocycles. The van der Waals surface area contributed by atoms with Crippen molar-refractivity contribution in [2.24, 2.45) is 4.99 Å². The maximum Gasteiger partial charge on any atom is 0.397 e. The number of rotatable bonds is 4. The highest BCUT2D eigenvalue weighted by Gasteiger charge is 2.08. The molecule has 0 aliphatic carbocycles. The zero-order valence-electron chi connectivity index (χ0n) is 8.12. The van der Waals surface area contributed by atoms with Crippen molar-refractivity contribution in [3.63, 3.8) is 0 Å². The molecule has 0 bridgehead atoms. The summed E-state index contributed by atoms with van der Waals surface area (Å²) in [4.78, 5) is 3.88. The molecule has 0 fully saturated rings. The second-order valence-corrected chi connectivity index (χ2v) is 3.82. The van der Waals surface area contributed by atoms with Crippen LogP contribution in [0.15, 0.2) is 35.3 Å². The lowest BCUT2D eigenvalue weighted by Crippen LogP contribution is -2.14. The fraction of sp³-hybridized carbons (Fsp3) is 0.222. The fourth-order valence-electron chi connectivity index (χ4n) is 1.04. The van der Waals surface area contributed by atoms with E-state index in [1.807, 2.05) is 6.07 Å². The Morgan fingerprint density at radius 3 is 2.47 bits per heavy atom. The second-order valence-electron chi connectivity index (χ2n) is 2.73. The first-order chi connectivity index (χ1) is 7.03. The molecule has 0 unspecified atom stereocenters. The Kier molecular flexibility index (Phi) is 3.96. The topological polar surface area (TPSA) is 76.0 Å². The lowest BCUT2D eigenvalue weighted by molar-refractivity contribution is 0.304. The quantitative estimate of drug-likeness (QED) is 0.615. The summed E-state index contributed by atoms with van der Waals surface area (Å²) >= 11 is 0. The Hall–Kier alpha value is -1.24. The van der Waals surface area contributed by atoms with E-state index in [2.05, 4.69) is 9.18 Å². The van der Waals surface area contributed by atoms with E-state index in [0.717, 1.165) is 5.56 Å². The summed E-state index contributed by atoms with van der Waals surface area (Å²) in [6.45, 7) is -0.278. The van der Waals surface area contributed by atoms with Crippen LogP contribution in [0.4, 0.5) is 0 Å². The van der Waals surface area contributed by atoms with Crippen LogP contribution in [0, 0.1) is 0 Å². The Morgan fingerprint density at radius 1 is 1.40 bits per heavy atom. The molecule has 0 radical (unpaired) electrons. The van der Waals surface area contributed by atoms with Gasteiger partial charge in [0.2, 0.25) is 0 Å². The molecule has 0 aliphatic rings. The largest absolute Gasteiger partial charge is 0.397 e. The van der Waals surface area contributed by atoms with Crippen LogP contribution < -0.4 is 0 Å². The van der Waals surface area contributed by atoms with Crippen molar-refractivity contribution in [3.05, 3.63) is 35.9 Å². The molecule has 0 atom stereocenters. The van der Waals surface area contributed by atoms with Crippen molar-refractivity contribution in [2.75, 3.05) is 13.7 Å². The molecule has 6 heteroatoms. The molecule has 1 N–H and O–H groups in total. The first kappa shape index (κ1) is 11.8. The van der Waals surface area contributed by atoms with Crippen LogP contribution in [0.5, 0.6) is 0 Å². The van der Waals surface area contributed by atoms with Crippen molar-refractivity contribution in [3.8, 4) is 0 Å². The van der Waals surface area contributed by atoms with Gasteiger partial charge in [-0.25, -0.2) is 4.18 Å². The van der Waals surface area contributed by atoms with Crippen molar-refractivity contribution in [1.29, 1.82) is 0 Å². The third-order valence-electron chi connectivity index (χ3n) is 1.72. The summed E-state index contributed by atoms with van der Waals surface area (Å²) in [7, 11) is -2.89. The van der Waals surface area contributed by atoms with Gasteiger partial charge in [-0.15, -0.1) is 0 Å². The molecule has 0 aromatic heterocycles. The van der Waals surface area contributed by atoms with Gasteiger partial charge in [0.1, 0.15) is 6.61 Å². The maximum absolute atomic E-state index is 10.4. The van der Waals surface area contributed by atoms with Gasteiger partial charge in [-0.3, -0.25) is 9.55 Å². The summed E-state index contributed by atoms with van der Waals surface area (Å²) in [6, 6.07) is 8.98. The van der Waals surface area contributed by atoms with Crippen LogP contribution in [0.2, 0.25) is 0 Å². The van der Waals surface area contributed by atoms with Crippen LogP contribution >= 0.6 is 0 Å². The van der Waals surface area contributed by atoms with Gasteiger partial charge in [-0.05, 0) is 5.56 Å².